The van der Waals surface area contributed by atoms with E-state index in [0.29, 0.717) is 0 Å². The molecule has 7 heteroatoms. The number of aryl methyl sites for hydroxylation is 1. The SMILES string of the molecule is CN=C(NCCc1ccc(C)c(OC)c1)N1CCC(CN2CCOCC2)C1.I. The Morgan fingerprint density at radius 3 is 2.79 bits per heavy atom. The molecule has 2 saturated heterocycles. The molecular weight excluding hydrogens is 467 g/mol. The Morgan fingerprint density at radius 2 is 2.07 bits per heavy atom. The van der Waals surface area contributed by atoms with E-state index in [1.165, 1.54) is 24.1 Å². The minimum atomic E-state index is 0. The average Bonchev–Trinajstić information content (AvgIpc) is 3.15. The summed E-state index contributed by atoms with van der Waals surface area (Å²) >= 11 is 0. The van der Waals surface area contributed by atoms with Gasteiger partial charge < -0.3 is 19.7 Å². The first-order chi connectivity index (χ1) is 13.2. The van der Waals surface area contributed by atoms with E-state index in [1.54, 1.807) is 7.11 Å². The molecule has 1 atom stereocenters. The van der Waals surface area contributed by atoms with Crippen LogP contribution in [0.5, 0.6) is 5.75 Å². The first kappa shape index (κ1) is 23.2. The fourth-order valence-electron chi connectivity index (χ4n) is 3.99. The zero-order chi connectivity index (χ0) is 19.1. The number of aliphatic imine (C=N–C) groups is 1. The van der Waals surface area contributed by atoms with Crippen molar-refractivity contribution < 1.29 is 9.47 Å². The molecule has 2 aliphatic rings. The Labute approximate surface area is 186 Å². The van der Waals surface area contributed by atoms with Gasteiger partial charge in [-0.05, 0) is 42.9 Å². The van der Waals surface area contributed by atoms with Gasteiger partial charge in [0.05, 0.1) is 20.3 Å². The van der Waals surface area contributed by atoms with Crippen molar-refractivity contribution in [3.63, 3.8) is 0 Å². The monoisotopic (exact) mass is 502 g/mol. The van der Waals surface area contributed by atoms with Crippen LogP contribution in [0.1, 0.15) is 17.5 Å². The number of methoxy groups -OCH3 is 1. The molecule has 158 valence electrons. The summed E-state index contributed by atoms with van der Waals surface area (Å²) in [6.07, 6.45) is 2.20. The van der Waals surface area contributed by atoms with E-state index in [2.05, 4.69) is 45.2 Å². The van der Waals surface area contributed by atoms with Gasteiger partial charge in [-0.3, -0.25) is 9.89 Å². The van der Waals surface area contributed by atoms with Gasteiger partial charge in [-0.2, -0.15) is 0 Å². The van der Waals surface area contributed by atoms with Gasteiger partial charge in [-0.15, -0.1) is 24.0 Å². The number of ether oxygens (including phenoxy) is 2. The molecule has 1 aromatic rings. The molecule has 0 spiro atoms. The van der Waals surface area contributed by atoms with Crippen LogP contribution in [0.4, 0.5) is 0 Å². The first-order valence-corrected chi connectivity index (χ1v) is 10.1. The fourth-order valence-corrected chi connectivity index (χ4v) is 3.99. The van der Waals surface area contributed by atoms with Crippen LogP contribution < -0.4 is 10.1 Å². The van der Waals surface area contributed by atoms with Crippen molar-refractivity contribution in [3.8, 4) is 5.75 Å². The van der Waals surface area contributed by atoms with Crippen LogP contribution in [-0.4, -0.2) is 82.4 Å². The molecule has 1 unspecified atom stereocenters. The van der Waals surface area contributed by atoms with Crippen molar-refractivity contribution in [1.82, 2.24) is 15.1 Å². The number of rotatable bonds is 6. The molecular formula is C21H35IN4O2. The van der Waals surface area contributed by atoms with Gasteiger partial charge in [-0.1, -0.05) is 12.1 Å². The minimum Gasteiger partial charge on any atom is -0.496 e. The molecule has 1 aromatic carbocycles. The third-order valence-corrected chi connectivity index (χ3v) is 5.59. The van der Waals surface area contributed by atoms with E-state index in [9.17, 15) is 0 Å². The van der Waals surface area contributed by atoms with Crippen LogP contribution in [0.25, 0.3) is 0 Å². The van der Waals surface area contributed by atoms with Gasteiger partial charge in [-0.25, -0.2) is 0 Å². The molecule has 2 aliphatic heterocycles. The molecule has 3 rings (SSSR count). The van der Waals surface area contributed by atoms with Crippen LogP contribution in [-0.2, 0) is 11.2 Å². The highest BCUT2D eigenvalue weighted by Crippen LogP contribution is 2.20. The number of hydrogen-bond acceptors (Lipinski definition) is 4. The van der Waals surface area contributed by atoms with Crippen molar-refractivity contribution in [1.29, 1.82) is 0 Å². The number of benzene rings is 1. The van der Waals surface area contributed by atoms with E-state index < -0.39 is 0 Å². The summed E-state index contributed by atoms with van der Waals surface area (Å²) in [6.45, 7) is 10.2. The molecule has 6 nitrogen and oxygen atoms in total. The third kappa shape index (κ3) is 6.49. The number of nitrogens with one attached hydrogen (secondary N) is 1. The fraction of sp³-hybridized carbons (Fsp3) is 0.667. The number of hydrogen-bond donors (Lipinski definition) is 1. The maximum atomic E-state index is 5.45. The topological polar surface area (TPSA) is 49.3 Å². The third-order valence-electron chi connectivity index (χ3n) is 5.59. The van der Waals surface area contributed by atoms with Gasteiger partial charge in [0.2, 0.25) is 0 Å². The maximum absolute atomic E-state index is 5.45. The Kier molecular flexibility index (Phi) is 9.81. The van der Waals surface area contributed by atoms with Crippen molar-refractivity contribution in [2.45, 2.75) is 19.8 Å². The van der Waals surface area contributed by atoms with Gasteiger partial charge in [0.25, 0.3) is 0 Å². The predicted octanol–water partition coefficient (Wildman–Crippen LogP) is 2.39. The Balaban J connectivity index is 0.00000280. The molecule has 0 bridgehead atoms. The lowest BCUT2D eigenvalue weighted by atomic mass is 10.1. The number of likely N-dealkylation sites (tertiary alicyclic amines) is 1. The van der Waals surface area contributed by atoms with Crippen molar-refractivity contribution >= 4 is 29.9 Å². The van der Waals surface area contributed by atoms with E-state index in [-0.39, 0.29) is 24.0 Å². The first-order valence-electron chi connectivity index (χ1n) is 10.1. The van der Waals surface area contributed by atoms with E-state index in [1.807, 2.05) is 7.05 Å². The smallest absolute Gasteiger partial charge is 0.193 e. The van der Waals surface area contributed by atoms with Crippen LogP contribution in [0.2, 0.25) is 0 Å². The normalized spacial score (nSPS) is 20.8. The highest BCUT2D eigenvalue weighted by molar-refractivity contribution is 14.0. The van der Waals surface area contributed by atoms with Crippen LogP contribution >= 0.6 is 24.0 Å². The summed E-state index contributed by atoms with van der Waals surface area (Å²) in [7, 11) is 3.61. The molecule has 0 amide bonds. The number of guanidine groups is 1. The van der Waals surface area contributed by atoms with E-state index in [4.69, 9.17) is 9.47 Å². The Morgan fingerprint density at radius 1 is 1.29 bits per heavy atom. The standard InChI is InChI=1S/C21H34N4O2.HI/c1-17-4-5-18(14-20(17)26-3)6-8-23-21(22-2)25-9-7-19(16-25)15-24-10-12-27-13-11-24;/h4-5,14,19H,6-13,15-16H2,1-3H3,(H,22,23);1H. The van der Waals surface area contributed by atoms with Crippen LogP contribution in [0.3, 0.4) is 0 Å². The average molecular weight is 502 g/mol. The lowest BCUT2D eigenvalue weighted by molar-refractivity contribution is 0.0315. The second-order valence-corrected chi connectivity index (χ2v) is 7.54. The summed E-state index contributed by atoms with van der Waals surface area (Å²) in [5.41, 5.74) is 2.46. The quantitative estimate of drug-likeness (QED) is 0.368. The van der Waals surface area contributed by atoms with Gasteiger partial charge in [0.1, 0.15) is 5.75 Å². The summed E-state index contributed by atoms with van der Waals surface area (Å²) in [4.78, 5) is 9.45. The Hall–Kier alpha value is -1.06. The molecule has 2 heterocycles. The second kappa shape index (κ2) is 11.8. The summed E-state index contributed by atoms with van der Waals surface area (Å²) < 4.78 is 10.9. The largest absolute Gasteiger partial charge is 0.496 e. The zero-order valence-electron chi connectivity index (χ0n) is 17.4. The molecule has 0 saturated carbocycles. The number of halogens is 1. The van der Waals surface area contributed by atoms with Crippen molar-refractivity contribution in [3.05, 3.63) is 29.3 Å². The van der Waals surface area contributed by atoms with E-state index in [0.717, 1.165) is 70.0 Å². The highest BCUT2D eigenvalue weighted by atomic mass is 127. The molecule has 28 heavy (non-hydrogen) atoms. The Bertz CT molecular complexity index is 635. The molecule has 1 N–H and O–H groups in total. The van der Waals surface area contributed by atoms with Gasteiger partial charge in [0.15, 0.2) is 5.96 Å². The lowest BCUT2D eigenvalue weighted by Gasteiger charge is -2.29. The number of morpholine rings is 1. The van der Waals surface area contributed by atoms with E-state index >= 15 is 0 Å². The summed E-state index contributed by atoms with van der Waals surface area (Å²) in [5, 5.41) is 3.54. The molecule has 2 fully saturated rings. The van der Waals surface area contributed by atoms with Crippen LogP contribution in [0, 0.1) is 12.8 Å². The van der Waals surface area contributed by atoms with Crippen molar-refractivity contribution in [2.75, 3.05) is 66.6 Å². The van der Waals surface area contributed by atoms with Crippen molar-refractivity contribution in [2.24, 2.45) is 10.9 Å². The van der Waals surface area contributed by atoms with Gasteiger partial charge >= 0.3 is 0 Å². The van der Waals surface area contributed by atoms with Gasteiger partial charge in [0, 0.05) is 46.3 Å². The number of nitrogens with zero attached hydrogens (tertiary/aromatic N) is 3. The maximum Gasteiger partial charge on any atom is 0.193 e. The molecule has 0 aliphatic carbocycles. The summed E-state index contributed by atoms with van der Waals surface area (Å²) in [6, 6.07) is 6.43. The highest BCUT2D eigenvalue weighted by Gasteiger charge is 2.26. The second-order valence-electron chi connectivity index (χ2n) is 7.54. The predicted molar refractivity (Wildman–Crippen MR) is 125 cm³/mol. The minimum absolute atomic E-state index is 0. The molecule has 0 radical (unpaired) electrons. The molecule has 0 aromatic heterocycles. The summed E-state index contributed by atoms with van der Waals surface area (Å²) in [5.74, 6) is 2.71. The van der Waals surface area contributed by atoms with Crippen LogP contribution in [0.15, 0.2) is 23.2 Å². The lowest BCUT2D eigenvalue weighted by Crippen LogP contribution is -2.42. The zero-order valence-corrected chi connectivity index (χ0v) is 19.8.